The Morgan fingerprint density at radius 2 is 1.97 bits per heavy atom. The third kappa shape index (κ3) is 3.29. The molecule has 0 saturated heterocycles. The molecule has 0 bridgehead atoms. The van der Waals surface area contributed by atoms with E-state index < -0.39 is 15.4 Å². The van der Waals surface area contributed by atoms with Crippen molar-refractivity contribution in [1.82, 2.24) is 4.90 Å². The third-order valence-electron chi connectivity index (χ3n) is 6.90. The van der Waals surface area contributed by atoms with Crippen molar-refractivity contribution in [2.24, 2.45) is 0 Å². The molecule has 0 aromatic heterocycles. The van der Waals surface area contributed by atoms with Gasteiger partial charge >= 0.3 is 0 Å². The van der Waals surface area contributed by atoms with Gasteiger partial charge in [-0.05, 0) is 61.7 Å². The lowest BCUT2D eigenvalue weighted by Gasteiger charge is -2.36. The van der Waals surface area contributed by atoms with Gasteiger partial charge in [0.25, 0.3) is 10.0 Å². The maximum absolute atomic E-state index is 13.2. The molecule has 2 heterocycles. The number of fused-ring (bicyclic) bond motifs is 2. The lowest BCUT2D eigenvalue weighted by molar-refractivity contribution is -0.123. The van der Waals surface area contributed by atoms with Gasteiger partial charge in [-0.25, -0.2) is 8.42 Å². The van der Waals surface area contributed by atoms with Gasteiger partial charge in [0.05, 0.1) is 18.2 Å². The number of para-hydroxylation sites is 1. The second-order valence-electron chi connectivity index (χ2n) is 8.83. The van der Waals surface area contributed by atoms with Gasteiger partial charge in [-0.3, -0.25) is 9.52 Å². The lowest BCUT2D eigenvalue weighted by atomic mass is 9.65. The number of nitrogens with zero attached hydrogens (tertiary/aromatic N) is 1. The van der Waals surface area contributed by atoms with Crippen LogP contribution < -0.4 is 14.8 Å². The number of likely N-dealkylation sites (N-methyl/N-ethyl adjacent to an activating group) is 1. The maximum atomic E-state index is 13.2. The quantitative estimate of drug-likeness (QED) is 0.723. The highest BCUT2D eigenvalue weighted by Crippen LogP contribution is 2.54. The summed E-state index contributed by atoms with van der Waals surface area (Å²) >= 11 is 0. The van der Waals surface area contributed by atoms with E-state index in [0.29, 0.717) is 5.69 Å². The van der Waals surface area contributed by atoms with E-state index in [1.807, 2.05) is 12.1 Å². The number of ether oxygens (including phenoxy) is 1. The number of carbonyl (C=O) groups excluding carboxylic acids is 1. The van der Waals surface area contributed by atoms with E-state index in [0.717, 1.165) is 61.2 Å². The summed E-state index contributed by atoms with van der Waals surface area (Å²) in [4.78, 5) is 15.2. The SMILES string of the molecule is COc1ccccc1S(=O)(=O)Nc1cc(C2=CCN(C)CC2)c2c(c1)C1(CCC1)C(=O)N2. The average molecular weight is 454 g/mol. The van der Waals surface area contributed by atoms with Crippen LogP contribution in [0.2, 0.25) is 0 Å². The Balaban J connectivity index is 1.61. The van der Waals surface area contributed by atoms with Crippen LogP contribution in [0.3, 0.4) is 0 Å². The zero-order chi connectivity index (χ0) is 22.5. The van der Waals surface area contributed by atoms with Gasteiger partial charge in [0.2, 0.25) is 5.91 Å². The van der Waals surface area contributed by atoms with Crippen LogP contribution >= 0.6 is 0 Å². The molecule has 1 amide bonds. The van der Waals surface area contributed by atoms with Crippen LogP contribution in [0.5, 0.6) is 5.75 Å². The largest absolute Gasteiger partial charge is 0.495 e. The van der Waals surface area contributed by atoms with Crippen molar-refractivity contribution in [3.8, 4) is 5.75 Å². The summed E-state index contributed by atoms with van der Waals surface area (Å²) in [6.45, 7) is 1.73. The number of rotatable bonds is 5. The van der Waals surface area contributed by atoms with Crippen molar-refractivity contribution >= 4 is 32.9 Å². The topological polar surface area (TPSA) is 87.7 Å². The molecule has 1 aliphatic carbocycles. The highest BCUT2D eigenvalue weighted by Gasteiger charge is 2.52. The Morgan fingerprint density at radius 3 is 2.62 bits per heavy atom. The molecule has 0 unspecified atom stereocenters. The third-order valence-corrected chi connectivity index (χ3v) is 8.32. The molecule has 168 valence electrons. The first-order chi connectivity index (χ1) is 15.3. The molecule has 2 N–H and O–H groups in total. The van der Waals surface area contributed by atoms with E-state index in [-0.39, 0.29) is 16.6 Å². The van der Waals surface area contributed by atoms with Crippen LogP contribution in [0, 0.1) is 0 Å². The monoisotopic (exact) mass is 453 g/mol. The van der Waals surface area contributed by atoms with Gasteiger partial charge in [0.1, 0.15) is 10.6 Å². The number of hydrogen-bond donors (Lipinski definition) is 2. The first-order valence-electron chi connectivity index (χ1n) is 10.9. The highest BCUT2D eigenvalue weighted by molar-refractivity contribution is 7.92. The van der Waals surface area contributed by atoms with Crippen LogP contribution in [0.15, 0.2) is 47.4 Å². The van der Waals surface area contributed by atoms with Gasteiger partial charge in [-0.15, -0.1) is 0 Å². The molecule has 32 heavy (non-hydrogen) atoms. The molecule has 5 rings (SSSR count). The molecular weight excluding hydrogens is 426 g/mol. The van der Waals surface area contributed by atoms with E-state index in [1.165, 1.54) is 13.2 Å². The second-order valence-corrected chi connectivity index (χ2v) is 10.5. The summed E-state index contributed by atoms with van der Waals surface area (Å²) in [7, 11) is -0.357. The minimum Gasteiger partial charge on any atom is -0.495 e. The van der Waals surface area contributed by atoms with Crippen molar-refractivity contribution in [3.63, 3.8) is 0 Å². The van der Waals surface area contributed by atoms with Gasteiger partial charge in [0.15, 0.2) is 0 Å². The van der Waals surface area contributed by atoms with Crippen LogP contribution in [0.25, 0.3) is 5.57 Å². The fourth-order valence-corrected chi connectivity index (χ4v) is 6.13. The van der Waals surface area contributed by atoms with Crippen molar-refractivity contribution in [2.75, 3.05) is 37.3 Å². The number of amides is 1. The van der Waals surface area contributed by atoms with Crippen molar-refractivity contribution in [3.05, 3.63) is 53.6 Å². The molecule has 3 aliphatic rings. The zero-order valence-corrected chi connectivity index (χ0v) is 19.1. The molecule has 2 aromatic rings. The van der Waals surface area contributed by atoms with E-state index in [4.69, 9.17) is 4.74 Å². The fraction of sp³-hybridized carbons (Fsp3) is 0.375. The molecule has 2 aliphatic heterocycles. The molecular formula is C24H27N3O4S. The van der Waals surface area contributed by atoms with E-state index in [1.54, 1.807) is 18.2 Å². The smallest absolute Gasteiger partial charge is 0.265 e. The summed E-state index contributed by atoms with van der Waals surface area (Å²) < 4.78 is 34.5. The van der Waals surface area contributed by atoms with Crippen molar-refractivity contribution in [2.45, 2.75) is 36.0 Å². The van der Waals surface area contributed by atoms with Gasteiger partial charge in [0, 0.05) is 24.3 Å². The van der Waals surface area contributed by atoms with Crippen LogP contribution in [-0.4, -0.2) is 46.5 Å². The van der Waals surface area contributed by atoms with E-state index >= 15 is 0 Å². The minimum atomic E-state index is -3.88. The lowest BCUT2D eigenvalue weighted by Crippen LogP contribution is -2.40. The molecule has 1 saturated carbocycles. The molecule has 0 radical (unpaired) electrons. The number of methoxy groups -OCH3 is 1. The van der Waals surface area contributed by atoms with Gasteiger partial charge in [-0.1, -0.05) is 24.6 Å². The Kier molecular flexibility index (Phi) is 5.02. The number of anilines is 2. The summed E-state index contributed by atoms with van der Waals surface area (Å²) in [5, 5.41) is 3.12. The molecule has 2 aromatic carbocycles. The van der Waals surface area contributed by atoms with Crippen LogP contribution in [-0.2, 0) is 20.2 Å². The zero-order valence-electron chi connectivity index (χ0n) is 18.3. The number of nitrogens with one attached hydrogen (secondary N) is 2. The Morgan fingerprint density at radius 1 is 1.19 bits per heavy atom. The Labute approximate surface area is 188 Å². The second kappa shape index (κ2) is 7.64. The Hall–Kier alpha value is -2.84. The van der Waals surface area contributed by atoms with Crippen LogP contribution in [0.4, 0.5) is 11.4 Å². The minimum absolute atomic E-state index is 0.0262. The first-order valence-corrected chi connectivity index (χ1v) is 12.4. The molecule has 7 nitrogen and oxygen atoms in total. The molecule has 8 heteroatoms. The highest BCUT2D eigenvalue weighted by atomic mass is 32.2. The van der Waals surface area contributed by atoms with Gasteiger partial charge in [-0.2, -0.15) is 0 Å². The fourth-order valence-electron chi connectivity index (χ4n) is 4.91. The predicted octanol–water partition coefficient (Wildman–Crippen LogP) is 3.59. The number of carbonyl (C=O) groups is 1. The summed E-state index contributed by atoms with van der Waals surface area (Å²) in [6, 6.07) is 10.2. The van der Waals surface area contributed by atoms with E-state index in [9.17, 15) is 13.2 Å². The maximum Gasteiger partial charge on any atom is 0.265 e. The molecule has 1 fully saturated rings. The molecule has 1 spiro atoms. The predicted molar refractivity (Wildman–Crippen MR) is 124 cm³/mol. The standard InChI is InChI=1S/C24H27N3O4S/c1-27-12-8-16(9-13-27)18-14-17(15-19-22(18)25-23(28)24(19)10-5-11-24)26-32(29,30)21-7-4-3-6-20(21)31-2/h3-4,6-8,14-15,26H,5,9-13H2,1-2H3,(H,25,28). The number of sulfonamides is 1. The number of benzene rings is 2. The number of hydrogen-bond acceptors (Lipinski definition) is 5. The average Bonchev–Trinajstić information content (AvgIpc) is 3.05. The van der Waals surface area contributed by atoms with Crippen molar-refractivity contribution in [1.29, 1.82) is 0 Å². The summed E-state index contributed by atoms with van der Waals surface area (Å²) in [5.41, 5.74) is 3.71. The van der Waals surface area contributed by atoms with Gasteiger partial charge < -0.3 is 15.0 Å². The first kappa shape index (κ1) is 21.0. The summed E-state index contributed by atoms with van der Waals surface area (Å²) in [6.07, 6.45) is 5.57. The van der Waals surface area contributed by atoms with Crippen LogP contribution in [0.1, 0.15) is 36.8 Å². The van der Waals surface area contributed by atoms with E-state index in [2.05, 4.69) is 28.1 Å². The Bertz CT molecular complexity index is 1230. The van der Waals surface area contributed by atoms with Crippen molar-refractivity contribution < 1.29 is 17.9 Å². The molecule has 0 atom stereocenters. The summed E-state index contributed by atoms with van der Waals surface area (Å²) in [5.74, 6) is 0.310. The normalized spacial score (nSPS) is 19.7.